The molecule has 0 aliphatic carbocycles. The van der Waals surface area contributed by atoms with E-state index in [2.05, 4.69) is 4.72 Å². The number of nitrogens with one attached hydrogen (secondary N) is 1. The first kappa shape index (κ1) is 10.5. The van der Waals surface area contributed by atoms with Crippen molar-refractivity contribution in [2.45, 2.75) is 0 Å². The van der Waals surface area contributed by atoms with E-state index in [0.717, 1.165) is 6.26 Å². The van der Waals surface area contributed by atoms with E-state index >= 15 is 0 Å². The highest BCUT2D eigenvalue weighted by molar-refractivity contribution is 7.92. The Balaban J connectivity index is 2.90. The van der Waals surface area contributed by atoms with Gasteiger partial charge in [0.25, 0.3) is 0 Å². The summed E-state index contributed by atoms with van der Waals surface area (Å²) in [6, 6.07) is 5.24. The number of carboxylic acid groups (broad SMARTS) is 1. The average Bonchev–Trinajstić information content (AvgIpc) is 2.02. The smallest absolute Gasteiger partial charge is 0.229 e. The van der Waals surface area contributed by atoms with Crippen LogP contribution in [-0.4, -0.2) is 20.6 Å². The molecule has 0 spiro atoms. The zero-order chi connectivity index (χ0) is 10.8. The molecule has 14 heavy (non-hydrogen) atoms. The van der Waals surface area contributed by atoms with Gasteiger partial charge in [-0.2, -0.15) is 0 Å². The molecule has 0 aromatic heterocycles. The van der Waals surface area contributed by atoms with Crippen LogP contribution >= 0.6 is 0 Å². The van der Waals surface area contributed by atoms with Gasteiger partial charge in [-0.25, -0.2) is 8.42 Å². The van der Waals surface area contributed by atoms with Crippen molar-refractivity contribution >= 4 is 21.7 Å². The van der Waals surface area contributed by atoms with E-state index in [9.17, 15) is 18.3 Å². The maximum Gasteiger partial charge on any atom is 0.229 e. The van der Waals surface area contributed by atoms with Crippen LogP contribution in [0, 0.1) is 0 Å². The maximum atomic E-state index is 10.8. The molecule has 0 atom stereocenters. The number of hydrogen-bond donors (Lipinski definition) is 1. The average molecular weight is 214 g/mol. The van der Waals surface area contributed by atoms with Gasteiger partial charge in [-0.15, -0.1) is 0 Å². The van der Waals surface area contributed by atoms with Gasteiger partial charge in [0, 0.05) is 5.69 Å². The highest BCUT2D eigenvalue weighted by Gasteiger charge is 2.01. The summed E-state index contributed by atoms with van der Waals surface area (Å²) in [4.78, 5) is 10.3. The summed E-state index contributed by atoms with van der Waals surface area (Å²) in [7, 11) is -3.32. The van der Waals surface area contributed by atoms with Crippen molar-refractivity contribution in [3.8, 4) is 0 Å². The molecule has 1 aromatic carbocycles. The minimum absolute atomic E-state index is 0.00375. The number of carbonyl (C=O) groups is 1. The Morgan fingerprint density at radius 2 is 1.79 bits per heavy atom. The Bertz CT molecular complexity index is 435. The van der Waals surface area contributed by atoms with Crippen LogP contribution in [0.15, 0.2) is 24.3 Å². The molecule has 6 heteroatoms. The van der Waals surface area contributed by atoms with Crippen LogP contribution in [0.4, 0.5) is 5.69 Å². The van der Waals surface area contributed by atoms with Crippen molar-refractivity contribution < 1.29 is 18.3 Å². The molecular formula is C8H8NO4S-. The fourth-order valence-corrected chi connectivity index (χ4v) is 1.45. The number of rotatable bonds is 3. The molecule has 76 valence electrons. The molecule has 1 rings (SSSR count). The largest absolute Gasteiger partial charge is 0.545 e. The second-order valence-corrected chi connectivity index (χ2v) is 4.49. The normalized spacial score (nSPS) is 10.9. The molecule has 0 aliphatic rings. The first-order chi connectivity index (χ1) is 6.38. The molecule has 5 nitrogen and oxygen atoms in total. The molecule has 0 saturated heterocycles. The van der Waals surface area contributed by atoms with E-state index in [4.69, 9.17) is 0 Å². The lowest BCUT2D eigenvalue weighted by Crippen LogP contribution is -2.22. The van der Waals surface area contributed by atoms with Crippen LogP contribution < -0.4 is 9.83 Å². The van der Waals surface area contributed by atoms with Crippen molar-refractivity contribution in [1.82, 2.24) is 0 Å². The Morgan fingerprint density at radius 1 is 1.29 bits per heavy atom. The summed E-state index contributed by atoms with van der Waals surface area (Å²) >= 11 is 0. The van der Waals surface area contributed by atoms with Crippen LogP contribution in [0.3, 0.4) is 0 Å². The highest BCUT2D eigenvalue weighted by atomic mass is 32.2. The number of sulfonamides is 1. The first-order valence-electron chi connectivity index (χ1n) is 3.68. The van der Waals surface area contributed by atoms with Gasteiger partial charge in [-0.05, 0) is 17.7 Å². The fourth-order valence-electron chi connectivity index (χ4n) is 0.888. The second kappa shape index (κ2) is 3.67. The Hall–Kier alpha value is -1.56. The second-order valence-electron chi connectivity index (χ2n) is 2.74. The lowest BCUT2D eigenvalue weighted by molar-refractivity contribution is -0.255. The van der Waals surface area contributed by atoms with Gasteiger partial charge in [-0.1, -0.05) is 12.1 Å². The summed E-state index contributed by atoms with van der Waals surface area (Å²) in [6.45, 7) is 0. The van der Waals surface area contributed by atoms with E-state index in [1.807, 2.05) is 0 Å². The molecule has 0 saturated carbocycles. The molecule has 0 unspecified atom stereocenters. The number of hydrogen-bond acceptors (Lipinski definition) is 4. The molecule has 1 N–H and O–H groups in total. The predicted molar refractivity (Wildman–Crippen MR) is 49.2 cm³/mol. The van der Waals surface area contributed by atoms with Crippen LogP contribution in [0.25, 0.3) is 0 Å². The summed E-state index contributed by atoms with van der Waals surface area (Å²) in [6.07, 6.45) is 1.01. The Kier molecular flexibility index (Phi) is 2.76. The zero-order valence-corrected chi connectivity index (χ0v) is 8.17. The van der Waals surface area contributed by atoms with E-state index < -0.39 is 16.0 Å². The molecule has 0 fully saturated rings. The van der Waals surface area contributed by atoms with Crippen LogP contribution in [-0.2, 0) is 10.0 Å². The minimum atomic E-state index is -3.32. The van der Waals surface area contributed by atoms with Crippen molar-refractivity contribution in [2.24, 2.45) is 0 Å². The summed E-state index contributed by atoms with van der Waals surface area (Å²) in [5.41, 5.74) is 0.321. The van der Waals surface area contributed by atoms with Crippen molar-refractivity contribution in [2.75, 3.05) is 11.0 Å². The zero-order valence-electron chi connectivity index (χ0n) is 7.35. The number of benzene rings is 1. The number of carboxylic acids is 1. The fraction of sp³-hybridized carbons (Fsp3) is 0.125. The molecule has 0 heterocycles. The van der Waals surface area contributed by atoms with E-state index in [1.54, 1.807) is 0 Å². The van der Waals surface area contributed by atoms with Gasteiger partial charge >= 0.3 is 0 Å². The molecule has 0 radical (unpaired) electrons. The Labute approximate surface area is 81.4 Å². The number of aromatic carboxylic acids is 1. The third kappa shape index (κ3) is 3.06. The molecular weight excluding hydrogens is 206 g/mol. The third-order valence-electron chi connectivity index (χ3n) is 1.42. The quantitative estimate of drug-likeness (QED) is 0.729. The first-order valence-corrected chi connectivity index (χ1v) is 5.57. The van der Waals surface area contributed by atoms with E-state index in [1.165, 1.54) is 24.3 Å². The van der Waals surface area contributed by atoms with Crippen molar-refractivity contribution in [1.29, 1.82) is 0 Å². The lowest BCUT2D eigenvalue weighted by Gasteiger charge is -2.05. The standard InChI is InChI=1S/C8H9NO4S/c1-14(12,13)9-7-4-2-6(3-5-7)8(10)11/h2-5,9H,1H3,(H,10,11)/p-1. The third-order valence-corrected chi connectivity index (χ3v) is 2.03. The van der Waals surface area contributed by atoms with Gasteiger partial charge in [0.05, 0.1) is 12.2 Å². The van der Waals surface area contributed by atoms with Gasteiger partial charge in [0.1, 0.15) is 0 Å². The lowest BCUT2D eigenvalue weighted by atomic mass is 10.2. The molecule has 0 amide bonds. The SMILES string of the molecule is CS(=O)(=O)Nc1ccc(C(=O)[O-])cc1. The van der Waals surface area contributed by atoms with Crippen LogP contribution in [0.2, 0.25) is 0 Å². The molecule has 1 aromatic rings. The van der Waals surface area contributed by atoms with Gasteiger partial charge in [-0.3, -0.25) is 4.72 Å². The monoisotopic (exact) mass is 214 g/mol. The highest BCUT2D eigenvalue weighted by Crippen LogP contribution is 2.09. The molecule has 0 bridgehead atoms. The molecule has 0 aliphatic heterocycles. The summed E-state index contributed by atoms with van der Waals surface area (Å²) in [5.74, 6) is -1.30. The topological polar surface area (TPSA) is 86.3 Å². The van der Waals surface area contributed by atoms with E-state index in [0.29, 0.717) is 5.69 Å². The van der Waals surface area contributed by atoms with Crippen molar-refractivity contribution in [3.05, 3.63) is 29.8 Å². The van der Waals surface area contributed by atoms with E-state index in [-0.39, 0.29) is 5.56 Å². The minimum Gasteiger partial charge on any atom is -0.545 e. The van der Waals surface area contributed by atoms with Gasteiger partial charge < -0.3 is 9.90 Å². The summed E-state index contributed by atoms with van der Waals surface area (Å²) in [5, 5.41) is 10.3. The number of carbonyl (C=O) groups excluding carboxylic acids is 1. The number of anilines is 1. The van der Waals surface area contributed by atoms with Crippen molar-refractivity contribution in [3.63, 3.8) is 0 Å². The van der Waals surface area contributed by atoms with Crippen LogP contribution in [0.1, 0.15) is 10.4 Å². The van der Waals surface area contributed by atoms with Gasteiger partial charge in [0.15, 0.2) is 0 Å². The maximum absolute atomic E-state index is 10.8. The summed E-state index contributed by atoms with van der Waals surface area (Å²) < 4.78 is 23.8. The van der Waals surface area contributed by atoms with Crippen LogP contribution in [0.5, 0.6) is 0 Å². The van der Waals surface area contributed by atoms with Gasteiger partial charge in [0.2, 0.25) is 10.0 Å². The predicted octanol–water partition coefficient (Wildman–Crippen LogP) is -0.578. The Morgan fingerprint density at radius 3 is 2.14 bits per heavy atom.